The van der Waals surface area contributed by atoms with Gasteiger partial charge in [-0.2, -0.15) is 0 Å². The zero-order chi connectivity index (χ0) is 21.5. The molecule has 0 heterocycles. The van der Waals surface area contributed by atoms with Crippen LogP contribution < -0.4 is 15.4 Å². The number of carbonyl (C=O) groups is 2. The number of hydrogen-bond donors (Lipinski definition) is 2. The molecule has 30 heavy (non-hydrogen) atoms. The number of benzene rings is 3. The van der Waals surface area contributed by atoms with Gasteiger partial charge in [0.1, 0.15) is 29.1 Å². The van der Waals surface area contributed by atoms with Crippen LogP contribution in [0.25, 0.3) is 0 Å². The van der Waals surface area contributed by atoms with Gasteiger partial charge >= 0.3 is 6.03 Å². The van der Waals surface area contributed by atoms with Crippen LogP contribution in [0.3, 0.4) is 0 Å². The summed E-state index contributed by atoms with van der Waals surface area (Å²) in [6, 6.07) is 18.5. The smallest absolute Gasteiger partial charge is 0.326 e. The molecule has 3 rings (SSSR count). The van der Waals surface area contributed by atoms with Crippen LogP contribution in [-0.4, -0.2) is 11.9 Å². The van der Waals surface area contributed by atoms with Crippen molar-refractivity contribution in [2.75, 3.05) is 5.32 Å². The fourth-order valence-electron chi connectivity index (χ4n) is 2.88. The molecular formula is C23H20F2N2O3. The molecule has 0 aromatic heterocycles. The molecule has 0 aliphatic carbocycles. The molecule has 7 heteroatoms. The number of halogens is 2. The Balaban J connectivity index is 1.60. The predicted molar refractivity (Wildman–Crippen MR) is 109 cm³/mol. The van der Waals surface area contributed by atoms with Crippen LogP contribution >= 0.6 is 0 Å². The summed E-state index contributed by atoms with van der Waals surface area (Å²) in [6.45, 7) is 2.02. The van der Waals surface area contributed by atoms with Crippen molar-refractivity contribution >= 4 is 17.6 Å². The molecule has 2 N–H and O–H groups in total. The molecule has 3 amide bonds. The van der Waals surface area contributed by atoms with Gasteiger partial charge in [-0.3, -0.25) is 10.1 Å². The Hall–Kier alpha value is -3.74. The number of imide groups is 1. The highest BCUT2D eigenvalue weighted by atomic mass is 19.1. The van der Waals surface area contributed by atoms with Gasteiger partial charge in [0.2, 0.25) is 0 Å². The van der Waals surface area contributed by atoms with Crippen molar-refractivity contribution in [1.82, 2.24) is 5.32 Å². The third kappa shape index (κ3) is 5.20. The monoisotopic (exact) mass is 410 g/mol. The summed E-state index contributed by atoms with van der Waals surface area (Å²) >= 11 is 0. The Morgan fingerprint density at radius 1 is 0.900 bits per heavy atom. The molecule has 3 aromatic carbocycles. The van der Waals surface area contributed by atoms with E-state index in [4.69, 9.17) is 4.74 Å². The second-order valence-corrected chi connectivity index (χ2v) is 6.45. The molecule has 0 aliphatic rings. The third-order valence-electron chi connectivity index (χ3n) is 4.35. The van der Waals surface area contributed by atoms with Gasteiger partial charge in [-0.05, 0) is 48.4 Å². The van der Waals surface area contributed by atoms with Gasteiger partial charge in [0.25, 0.3) is 5.91 Å². The Labute approximate surface area is 172 Å². The molecule has 0 fully saturated rings. The standard InChI is InChI=1S/C23H20F2N2O3/c1-2-20(15-7-4-3-5-8-15)30-17-13-11-16(12-14-17)26-23(29)27-22(28)21-18(24)9-6-10-19(21)25/h3-14,20H,2H2,1H3,(H2,26,27,28,29). The fraction of sp³-hybridized carbons (Fsp3) is 0.130. The maximum atomic E-state index is 13.6. The number of anilines is 1. The van der Waals surface area contributed by atoms with Crippen molar-refractivity contribution in [3.05, 3.63) is 95.6 Å². The lowest BCUT2D eigenvalue weighted by Gasteiger charge is -2.18. The maximum absolute atomic E-state index is 13.6. The van der Waals surface area contributed by atoms with E-state index >= 15 is 0 Å². The number of amides is 3. The van der Waals surface area contributed by atoms with E-state index in [1.54, 1.807) is 24.3 Å². The predicted octanol–water partition coefficient (Wildman–Crippen LogP) is 5.46. The molecule has 0 bridgehead atoms. The van der Waals surface area contributed by atoms with Crippen LogP contribution in [0.2, 0.25) is 0 Å². The first-order chi connectivity index (χ1) is 14.5. The van der Waals surface area contributed by atoms with E-state index in [2.05, 4.69) is 5.32 Å². The van der Waals surface area contributed by atoms with Crippen molar-refractivity contribution in [1.29, 1.82) is 0 Å². The maximum Gasteiger partial charge on any atom is 0.326 e. The summed E-state index contributed by atoms with van der Waals surface area (Å²) < 4.78 is 33.3. The third-order valence-corrected chi connectivity index (χ3v) is 4.35. The molecule has 0 saturated heterocycles. The van der Waals surface area contributed by atoms with Crippen LogP contribution in [0.15, 0.2) is 72.8 Å². The highest BCUT2D eigenvalue weighted by Gasteiger charge is 2.19. The Kier molecular flexibility index (Phi) is 6.75. The molecule has 1 unspecified atom stereocenters. The first-order valence-corrected chi connectivity index (χ1v) is 9.36. The van der Waals surface area contributed by atoms with E-state index in [-0.39, 0.29) is 6.10 Å². The average Bonchev–Trinajstić information content (AvgIpc) is 2.73. The first kappa shape index (κ1) is 21.0. The Morgan fingerprint density at radius 2 is 1.53 bits per heavy atom. The molecule has 0 aliphatic heterocycles. The summed E-state index contributed by atoms with van der Waals surface area (Å²) in [5.74, 6) is -2.66. The molecule has 3 aromatic rings. The quantitative estimate of drug-likeness (QED) is 0.567. The molecule has 0 spiro atoms. The van der Waals surface area contributed by atoms with E-state index in [1.165, 1.54) is 0 Å². The number of nitrogens with one attached hydrogen (secondary N) is 2. The molecule has 0 saturated carbocycles. The van der Waals surface area contributed by atoms with Crippen molar-refractivity contribution < 1.29 is 23.1 Å². The summed E-state index contributed by atoms with van der Waals surface area (Å²) in [7, 11) is 0. The van der Waals surface area contributed by atoms with Gasteiger partial charge in [0.05, 0.1) is 0 Å². The van der Waals surface area contributed by atoms with Gasteiger partial charge in [-0.15, -0.1) is 0 Å². The van der Waals surface area contributed by atoms with Gasteiger partial charge in [0, 0.05) is 5.69 Å². The second kappa shape index (κ2) is 9.65. The van der Waals surface area contributed by atoms with E-state index in [1.807, 2.05) is 42.6 Å². The summed E-state index contributed by atoms with van der Waals surface area (Å²) in [5.41, 5.74) is 0.623. The normalized spacial score (nSPS) is 11.4. The second-order valence-electron chi connectivity index (χ2n) is 6.45. The van der Waals surface area contributed by atoms with Crippen LogP contribution in [0, 0.1) is 11.6 Å². The van der Waals surface area contributed by atoms with Gasteiger partial charge in [-0.25, -0.2) is 13.6 Å². The first-order valence-electron chi connectivity index (χ1n) is 9.36. The SMILES string of the molecule is CCC(Oc1ccc(NC(=O)NC(=O)c2c(F)cccc2F)cc1)c1ccccc1. The fourth-order valence-corrected chi connectivity index (χ4v) is 2.88. The number of carbonyl (C=O) groups excluding carboxylic acids is 2. The number of hydrogen-bond acceptors (Lipinski definition) is 3. The van der Waals surface area contributed by atoms with Crippen LogP contribution in [0.1, 0.15) is 35.4 Å². The van der Waals surface area contributed by atoms with Crippen LogP contribution in [0.4, 0.5) is 19.3 Å². The van der Waals surface area contributed by atoms with E-state index in [0.717, 1.165) is 30.2 Å². The van der Waals surface area contributed by atoms with E-state index in [9.17, 15) is 18.4 Å². The van der Waals surface area contributed by atoms with Gasteiger partial charge in [0.15, 0.2) is 0 Å². The van der Waals surface area contributed by atoms with Crippen LogP contribution in [0.5, 0.6) is 5.75 Å². The average molecular weight is 410 g/mol. The largest absolute Gasteiger partial charge is 0.486 e. The Morgan fingerprint density at radius 3 is 2.13 bits per heavy atom. The zero-order valence-corrected chi connectivity index (χ0v) is 16.2. The summed E-state index contributed by atoms with van der Waals surface area (Å²) in [4.78, 5) is 24.0. The minimum absolute atomic E-state index is 0.110. The minimum atomic E-state index is -1.17. The summed E-state index contributed by atoms with van der Waals surface area (Å²) in [6.07, 6.45) is 0.669. The lowest BCUT2D eigenvalue weighted by molar-refractivity contribution is 0.0959. The molecule has 5 nitrogen and oxygen atoms in total. The highest BCUT2D eigenvalue weighted by molar-refractivity contribution is 6.08. The van der Waals surface area contributed by atoms with Crippen molar-refractivity contribution in [3.8, 4) is 5.75 Å². The zero-order valence-electron chi connectivity index (χ0n) is 16.2. The topological polar surface area (TPSA) is 67.4 Å². The van der Waals surface area contributed by atoms with E-state index in [0.29, 0.717) is 11.4 Å². The summed E-state index contributed by atoms with van der Waals surface area (Å²) in [5, 5.41) is 4.34. The van der Waals surface area contributed by atoms with Gasteiger partial charge < -0.3 is 10.1 Å². The number of rotatable bonds is 6. The molecule has 0 radical (unpaired) electrons. The molecule has 154 valence electrons. The van der Waals surface area contributed by atoms with Crippen LogP contribution in [-0.2, 0) is 0 Å². The van der Waals surface area contributed by atoms with Crippen molar-refractivity contribution in [2.45, 2.75) is 19.4 Å². The van der Waals surface area contributed by atoms with Crippen molar-refractivity contribution in [2.24, 2.45) is 0 Å². The lowest BCUT2D eigenvalue weighted by Crippen LogP contribution is -2.35. The molecular weight excluding hydrogens is 390 g/mol. The molecule has 1 atom stereocenters. The van der Waals surface area contributed by atoms with Crippen molar-refractivity contribution in [3.63, 3.8) is 0 Å². The van der Waals surface area contributed by atoms with E-state index < -0.39 is 29.1 Å². The number of urea groups is 1. The number of ether oxygens (including phenoxy) is 1. The lowest BCUT2D eigenvalue weighted by atomic mass is 10.1. The minimum Gasteiger partial charge on any atom is -0.486 e. The Bertz CT molecular complexity index is 1000. The highest BCUT2D eigenvalue weighted by Crippen LogP contribution is 2.25. The van der Waals surface area contributed by atoms with Gasteiger partial charge in [-0.1, -0.05) is 43.3 Å².